The Morgan fingerprint density at radius 1 is 1.29 bits per heavy atom. The van der Waals surface area contributed by atoms with Crippen LogP contribution in [0.25, 0.3) is 0 Å². The van der Waals surface area contributed by atoms with Gasteiger partial charge < -0.3 is 14.6 Å². The average Bonchev–Trinajstić information content (AvgIpc) is 2.75. The molecule has 0 atom stereocenters. The maximum Gasteiger partial charge on any atom is 0.494 e. The first-order chi connectivity index (χ1) is 11.2. The van der Waals surface area contributed by atoms with E-state index in [1.165, 1.54) is 0 Å². The largest absolute Gasteiger partial charge is 0.494 e. The van der Waals surface area contributed by atoms with Gasteiger partial charge in [0.1, 0.15) is 12.5 Å². The zero-order chi connectivity index (χ0) is 18.0. The number of hydrogen-bond acceptors (Lipinski definition) is 4. The van der Waals surface area contributed by atoms with Crippen molar-refractivity contribution in [2.75, 3.05) is 5.32 Å². The van der Waals surface area contributed by atoms with Gasteiger partial charge in [0.2, 0.25) is 0 Å². The average molecular weight is 332 g/mol. The zero-order valence-electron chi connectivity index (χ0n) is 15.1. The van der Waals surface area contributed by atoms with Gasteiger partial charge in [-0.05, 0) is 57.8 Å². The first kappa shape index (κ1) is 18.7. The Labute approximate surface area is 144 Å². The Morgan fingerprint density at radius 3 is 2.46 bits per heavy atom. The van der Waals surface area contributed by atoms with Crippen LogP contribution in [0.4, 0.5) is 10.2 Å². The molecule has 0 spiro atoms. The van der Waals surface area contributed by atoms with Crippen LogP contribution in [0, 0.1) is 0 Å². The van der Waals surface area contributed by atoms with Gasteiger partial charge in [-0.1, -0.05) is 19.6 Å². The van der Waals surface area contributed by atoms with Crippen molar-refractivity contribution in [3.8, 4) is 0 Å². The highest BCUT2D eigenvalue weighted by Gasteiger charge is 2.51. The van der Waals surface area contributed by atoms with Crippen LogP contribution in [-0.4, -0.2) is 23.3 Å². The van der Waals surface area contributed by atoms with Gasteiger partial charge >= 0.3 is 7.12 Å². The van der Waals surface area contributed by atoms with Crippen LogP contribution in [0.15, 0.2) is 42.0 Å². The molecule has 0 radical (unpaired) electrons. The summed E-state index contributed by atoms with van der Waals surface area (Å²) in [6, 6.07) is 5.24. The van der Waals surface area contributed by atoms with E-state index in [1.807, 2.05) is 40.7 Å². The first-order valence-corrected chi connectivity index (χ1v) is 8.22. The van der Waals surface area contributed by atoms with Crippen molar-refractivity contribution in [1.82, 2.24) is 4.98 Å². The fourth-order valence-electron chi connectivity index (χ4n) is 2.30. The lowest BCUT2D eigenvalue weighted by atomic mass is 9.79. The van der Waals surface area contributed by atoms with E-state index in [0.29, 0.717) is 11.5 Å². The van der Waals surface area contributed by atoms with E-state index in [9.17, 15) is 4.39 Å². The Bertz CT molecular complexity index is 628. The van der Waals surface area contributed by atoms with Crippen LogP contribution in [0.3, 0.4) is 0 Å². The van der Waals surface area contributed by atoms with Crippen LogP contribution in [-0.2, 0) is 16.0 Å². The fraction of sp³-hybridized carbons (Fsp3) is 0.500. The molecule has 0 unspecified atom stereocenters. The van der Waals surface area contributed by atoms with Crippen molar-refractivity contribution >= 4 is 12.9 Å². The number of alkyl halides is 1. The lowest BCUT2D eigenvalue weighted by Gasteiger charge is -2.32. The molecule has 1 aliphatic heterocycles. The van der Waals surface area contributed by atoms with Crippen molar-refractivity contribution in [2.45, 2.75) is 58.9 Å². The van der Waals surface area contributed by atoms with Crippen LogP contribution < -0.4 is 5.32 Å². The molecule has 0 aromatic carbocycles. The summed E-state index contributed by atoms with van der Waals surface area (Å²) in [5, 5.41) is 3.21. The molecule has 0 aliphatic carbocycles. The molecular weight excluding hydrogens is 306 g/mol. The minimum atomic E-state index is -0.582. The number of rotatable bonds is 6. The summed E-state index contributed by atoms with van der Waals surface area (Å²) in [6.07, 6.45) is 2.66. The van der Waals surface area contributed by atoms with Crippen LogP contribution in [0.1, 0.15) is 46.7 Å². The topological polar surface area (TPSA) is 43.4 Å². The molecule has 4 nitrogen and oxygen atoms in total. The molecule has 24 heavy (non-hydrogen) atoms. The summed E-state index contributed by atoms with van der Waals surface area (Å²) in [5.74, 6) is 0.611. The summed E-state index contributed by atoms with van der Waals surface area (Å²) < 4.78 is 24.7. The molecule has 2 heterocycles. The molecule has 1 N–H and O–H groups in total. The van der Waals surface area contributed by atoms with E-state index >= 15 is 0 Å². The van der Waals surface area contributed by atoms with Gasteiger partial charge in [0.25, 0.3) is 0 Å². The maximum absolute atomic E-state index is 12.7. The summed E-state index contributed by atoms with van der Waals surface area (Å²) in [5.41, 5.74) is 1.26. The summed E-state index contributed by atoms with van der Waals surface area (Å²) in [4.78, 5) is 4.21. The molecule has 2 rings (SSSR count). The van der Waals surface area contributed by atoms with Gasteiger partial charge in [0.15, 0.2) is 0 Å². The minimum absolute atomic E-state index is 0.398. The molecule has 1 saturated heterocycles. The fourth-order valence-corrected chi connectivity index (χ4v) is 2.30. The van der Waals surface area contributed by atoms with Crippen LogP contribution in [0.5, 0.6) is 0 Å². The molecule has 1 aromatic heterocycles. The van der Waals surface area contributed by atoms with Crippen LogP contribution >= 0.6 is 0 Å². The Kier molecular flexibility index (Phi) is 5.50. The van der Waals surface area contributed by atoms with Crippen molar-refractivity contribution < 1.29 is 13.7 Å². The number of anilines is 1. The maximum atomic E-state index is 12.7. The van der Waals surface area contributed by atoms with Crippen molar-refractivity contribution in [3.63, 3.8) is 0 Å². The second-order valence-electron chi connectivity index (χ2n) is 6.96. The van der Waals surface area contributed by atoms with E-state index in [4.69, 9.17) is 9.31 Å². The standard InChI is InChI=1S/C18H26BFN2O2/c1-7-14(21-16-10-8-9-15(12-20)22-16)11-13(2)19-23-17(3,4)18(5,6)24-19/h8-11H,2,7,12H2,1,3-6H3,(H,21,22)/b14-11+. The van der Waals surface area contributed by atoms with Crippen molar-refractivity contribution in [3.05, 3.63) is 47.7 Å². The highest BCUT2D eigenvalue weighted by atomic mass is 19.1. The summed E-state index contributed by atoms with van der Waals surface area (Å²) >= 11 is 0. The van der Waals surface area contributed by atoms with Crippen LogP contribution in [0.2, 0.25) is 0 Å². The van der Waals surface area contributed by atoms with E-state index in [0.717, 1.165) is 17.6 Å². The molecule has 0 bridgehead atoms. The molecular formula is C18H26BFN2O2. The molecule has 130 valence electrons. The zero-order valence-corrected chi connectivity index (χ0v) is 15.1. The summed E-state index contributed by atoms with van der Waals surface area (Å²) in [7, 11) is -0.483. The molecule has 1 aromatic rings. The smallest absolute Gasteiger partial charge is 0.399 e. The Balaban J connectivity index is 2.11. The lowest BCUT2D eigenvalue weighted by Crippen LogP contribution is -2.41. The lowest BCUT2D eigenvalue weighted by molar-refractivity contribution is 0.00578. The summed E-state index contributed by atoms with van der Waals surface area (Å²) in [6.45, 7) is 13.6. The third-order valence-corrected chi connectivity index (χ3v) is 4.53. The highest BCUT2D eigenvalue weighted by molar-refractivity contribution is 6.55. The number of nitrogens with one attached hydrogen (secondary N) is 1. The van der Waals surface area contributed by atoms with Gasteiger partial charge in [-0.15, -0.1) is 0 Å². The van der Waals surface area contributed by atoms with Crippen molar-refractivity contribution in [2.24, 2.45) is 0 Å². The number of allylic oxidation sites excluding steroid dienone is 3. The SMILES string of the molecule is C=C(/C=C(\CC)Nc1cccc(CF)n1)B1OC(C)(C)C(C)(C)O1. The Hall–Kier alpha value is -1.66. The molecule has 1 aliphatic rings. The predicted molar refractivity (Wildman–Crippen MR) is 96.3 cm³/mol. The second kappa shape index (κ2) is 7.07. The number of halogens is 1. The number of aromatic nitrogens is 1. The van der Waals surface area contributed by atoms with E-state index < -0.39 is 25.0 Å². The monoisotopic (exact) mass is 332 g/mol. The second-order valence-corrected chi connectivity index (χ2v) is 6.96. The van der Waals surface area contributed by atoms with Gasteiger partial charge in [-0.25, -0.2) is 9.37 Å². The van der Waals surface area contributed by atoms with Gasteiger partial charge in [-0.3, -0.25) is 0 Å². The number of pyridine rings is 1. The first-order valence-electron chi connectivity index (χ1n) is 8.22. The van der Waals surface area contributed by atoms with Gasteiger partial charge in [-0.2, -0.15) is 0 Å². The predicted octanol–water partition coefficient (Wildman–Crippen LogP) is 4.44. The minimum Gasteiger partial charge on any atom is -0.399 e. The quantitative estimate of drug-likeness (QED) is 0.618. The van der Waals surface area contributed by atoms with Gasteiger partial charge in [0, 0.05) is 5.70 Å². The molecule has 6 heteroatoms. The van der Waals surface area contributed by atoms with Crippen molar-refractivity contribution in [1.29, 1.82) is 0 Å². The third kappa shape index (κ3) is 4.05. The normalized spacial score (nSPS) is 19.4. The van der Waals surface area contributed by atoms with E-state index in [2.05, 4.69) is 16.9 Å². The van der Waals surface area contributed by atoms with E-state index in [1.54, 1.807) is 18.2 Å². The third-order valence-electron chi connectivity index (χ3n) is 4.53. The molecule has 1 fully saturated rings. The van der Waals surface area contributed by atoms with E-state index in [-0.39, 0.29) is 0 Å². The number of nitrogens with zero attached hydrogens (tertiary/aromatic N) is 1. The number of hydrogen-bond donors (Lipinski definition) is 1. The molecule has 0 amide bonds. The Morgan fingerprint density at radius 2 is 1.92 bits per heavy atom. The van der Waals surface area contributed by atoms with Gasteiger partial charge in [0.05, 0.1) is 16.9 Å². The molecule has 0 saturated carbocycles. The highest BCUT2D eigenvalue weighted by Crippen LogP contribution is 2.38.